The summed E-state index contributed by atoms with van der Waals surface area (Å²) in [4.78, 5) is 12.1. The monoisotopic (exact) mass is 377 g/mol. The molecule has 4 heteroatoms. The fraction of sp³-hybridized carbons (Fsp3) is 0.957. The molecule has 0 radical (unpaired) electrons. The Bertz CT molecular complexity index is 594. The molecular weight excluding hydrogens is 338 g/mol. The van der Waals surface area contributed by atoms with Crippen LogP contribution in [0.3, 0.4) is 0 Å². The molecule has 27 heavy (non-hydrogen) atoms. The summed E-state index contributed by atoms with van der Waals surface area (Å²) in [5.41, 5.74) is 5.62. The van der Waals surface area contributed by atoms with Crippen LogP contribution in [0.5, 0.6) is 0 Å². The summed E-state index contributed by atoms with van der Waals surface area (Å²) >= 11 is 0. The van der Waals surface area contributed by atoms with Gasteiger partial charge in [0.25, 0.3) is 0 Å². The molecule has 0 bridgehead atoms. The SMILES string of the molecule is CCOC[C@@]1(O)CC[C@@]2(C)[C@H](CC[C@@H]3[C@@H]2CC[C@]2(C)[C@@H](C(N)=O)CC[C@@H]32)C1. The third-order valence-electron chi connectivity index (χ3n) is 9.74. The van der Waals surface area contributed by atoms with Crippen molar-refractivity contribution in [3.8, 4) is 0 Å². The number of carbonyl (C=O) groups excluding carboxylic acids is 1. The molecule has 4 rings (SSSR count). The van der Waals surface area contributed by atoms with E-state index >= 15 is 0 Å². The van der Waals surface area contributed by atoms with E-state index in [1.807, 2.05) is 6.92 Å². The molecule has 0 spiro atoms. The van der Waals surface area contributed by atoms with Crippen molar-refractivity contribution in [2.24, 2.45) is 46.2 Å². The molecule has 154 valence electrons. The van der Waals surface area contributed by atoms with Crippen molar-refractivity contribution in [3.05, 3.63) is 0 Å². The van der Waals surface area contributed by atoms with Crippen molar-refractivity contribution in [3.63, 3.8) is 0 Å². The average Bonchev–Trinajstić information content (AvgIpc) is 2.98. The van der Waals surface area contributed by atoms with Crippen LogP contribution < -0.4 is 5.73 Å². The van der Waals surface area contributed by atoms with E-state index in [0.717, 1.165) is 43.9 Å². The minimum atomic E-state index is -0.624. The Morgan fingerprint density at radius 1 is 1.04 bits per heavy atom. The second-order valence-corrected chi connectivity index (χ2v) is 10.8. The van der Waals surface area contributed by atoms with Gasteiger partial charge in [0.05, 0.1) is 12.2 Å². The first-order chi connectivity index (χ1) is 12.7. The average molecular weight is 378 g/mol. The van der Waals surface area contributed by atoms with Crippen LogP contribution in [0.15, 0.2) is 0 Å². The zero-order valence-electron chi connectivity index (χ0n) is 17.5. The first-order valence-corrected chi connectivity index (χ1v) is 11.3. The Morgan fingerprint density at radius 2 is 1.78 bits per heavy atom. The molecule has 0 aromatic rings. The van der Waals surface area contributed by atoms with Crippen molar-refractivity contribution in [2.75, 3.05) is 13.2 Å². The first kappa shape index (κ1) is 19.7. The van der Waals surface area contributed by atoms with Crippen LogP contribution in [0, 0.1) is 40.4 Å². The summed E-state index contributed by atoms with van der Waals surface area (Å²) in [6.07, 6.45) is 9.94. The van der Waals surface area contributed by atoms with Gasteiger partial charge in [0.2, 0.25) is 5.91 Å². The number of nitrogens with two attached hydrogens (primary N) is 1. The summed E-state index contributed by atoms with van der Waals surface area (Å²) in [6, 6.07) is 0. The number of aliphatic hydroxyl groups is 1. The van der Waals surface area contributed by atoms with Gasteiger partial charge < -0.3 is 15.6 Å². The number of ether oxygens (including phenoxy) is 1. The minimum absolute atomic E-state index is 0.0722. The number of carbonyl (C=O) groups is 1. The minimum Gasteiger partial charge on any atom is -0.387 e. The topological polar surface area (TPSA) is 72.6 Å². The van der Waals surface area contributed by atoms with Gasteiger partial charge in [0, 0.05) is 12.5 Å². The van der Waals surface area contributed by atoms with E-state index in [9.17, 15) is 9.90 Å². The Hall–Kier alpha value is -0.610. The maximum atomic E-state index is 12.1. The van der Waals surface area contributed by atoms with Crippen LogP contribution in [0.25, 0.3) is 0 Å². The normalized spacial score (nSPS) is 51.9. The van der Waals surface area contributed by atoms with Gasteiger partial charge in [0.15, 0.2) is 0 Å². The highest BCUT2D eigenvalue weighted by atomic mass is 16.5. The van der Waals surface area contributed by atoms with Gasteiger partial charge in [0.1, 0.15) is 0 Å². The highest BCUT2D eigenvalue weighted by Crippen LogP contribution is 2.67. The molecule has 0 saturated heterocycles. The molecule has 0 unspecified atom stereocenters. The molecule has 4 fully saturated rings. The van der Waals surface area contributed by atoms with Crippen LogP contribution in [-0.4, -0.2) is 29.8 Å². The van der Waals surface area contributed by atoms with Crippen LogP contribution in [0.1, 0.15) is 78.6 Å². The third-order valence-corrected chi connectivity index (χ3v) is 9.74. The molecule has 4 aliphatic rings. The van der Waals surface area contributed by atoms with Crippen molar-refractivity contribution < 1.29 is 14.6 Å². The van der Waals surface area contributed by atoms with Crippen LogP contribution in [-0.2, 0) is 9.53 Å². The third kappa shape index (κ3) is 2.97. The van der Waals surface area contributed by atoms with E-state index in [1.165, 1.54) is 25.7 Å². The maximum absolute atomic E-state index is 12.1. The largest absolute Gasteiger partial charge is 0.387 e. The zero-order valence-corrected chi connectivity index (χ0v) is 17.5. The van der Waals surface area contributed by atoms with Crippen LogP contribution in [0.2, 0.25) is 0 Å². The summed E-state index contributed by atoms with van der Waals surface area (Å²) < 4.78 is 5.61. The predicted molar refractivity (Wildman–Crippen MR) is 106 cm³/mol. The van der Waals surface area contributed by atoms with E-state index in [1.54, 1.807) is 0 Å². The number of hydrogen-bond acceptors (Lipinski definition) is 3. The summed E-state index contributed by atoms with van der Waals surface area (Å²) in [5.74, 6) is 2.77. The zero-order chi connectivity index (χ0) is 19.4. The highest BCUT2D eigenvalue weighted by molar-refractivity contribution is 5.78. The smallest absolute Gasteiger partial charge is 0.221 e. The second-order valence-electron chi connectivity index (χ2n) is 10.8. The molecular formula is C23H39NO3. The van der Waals surface area contributed by atoms with Crippen molar-refractivity contribution >= 4 is 5.91 Å². The van der Waals surface area contributed by atoms with Gasteiger partial charge in [-0.05, 0) is 99.2 Å². The van der Waals surface area contributed by atoms with Gasteiger partial charge in [-0.25, -0.2) is 0 Å². The number of amides is 1. The lowest BCUT2D eigenvalue weighted by Gasteiger charge is -2.62. The van der Waals surface area contributed by atoms with Gasteiger partial charge in [-0.2, -0.15) is 0 Å². The molecule has 4 nitrogen and oxygen atoms in total. The lowest BCUT2D eigenvalue weighted by molar-refractivity contribution is -0.166. The molecule has 3 N–H and O–H groups in total. The Labute approximate surface area is 164 Å². The van der Waals surface area contributed by atoms with Crippen molar-refractivity contribution in [2.45, 2.75) is 84.2 Å². The van der Waals surface area contributed by atoms with Gasteiger partial charge in [-0.3, -0.25) is 4.79 Å². The standard InChI is InChI=1S/C23H39NO3/c1-4-27-14-23(26)12-11-21(2)15(13-23)5-6-16-17-7-8-19(20(24)25)22(17,3)10-9-18(16)21/h15-19,26H,4-14H2,1-3H3,(H2,24,25)/t15-,16+,17+,18+,19-,21+,22+,23-/m1/s1. The fourth-order valence-corrected chi connectivity index (χ4v) is 8.21. The Kier molecular flexibility index (Phi) is 4.91. The molecule has 0 aromatic heterocycles. The summed E-state index contributed by atoms with van der Waals surface area (Å²) in [6.45, 7) is 8.03. The number of hydrogen-bond donors (Lipinski definition) is 2. The van der Waals surface area contributed by atoms with E-state index in [2.05, 4.69) is 13.8 Å². The van der Waals surface area contributed by atoms with Gasteiger partial charge in [-0.15, -0.1) is 0 Å². The maximum Gasteiger partial charge on any atom is 0.221 e. The molecule has 0 heterocycles. The van der Waals surface area contributed by atoms with E-state index in [4.69, 9.17) is 10.5 Å². The van der Waals surface area contributed by atoms with E-state index < -0.39 is 5.60 Å². The highest BCUT2D eigenvalue weighted by Gasteiger charge is 2.61. The van der Waals surface area contributed by atoms with Crippen molar-refractivity contribution in [1.82, 2.24) is 0 Å². The molecule has 0 aliphatic heterocycles. The molecule has 4 aliphatic carbocycles. The van der Waals surface area contributed by atoms with E-state index in [-0.39, 0.29) is 17.2 Å². The van der Waals surface area contributed by atoms with Gasteiger partial charge >= 0.3 is 0 Å². The molecule has 0 aromatic carbocycles. The first-order valence-electron chi connectivity index (χ1n) is 11.3. The van der Waals surface area contributed by atoms with Crippen molar-refractivity contribution in [1.29, 1.82) is 0 Å². The Balaban J connectivity index is 1.53. The van der Waals surface area contributed by atoms with Gasteiger partial charge in [-0.1, -0.05) is 13.8 Å². The summed E-state index contributed by atoms with van der Waals surface area (Å²) in [5, 5.41) is 11.1. The van der Waals surface area contributed by atoms with Crippen LogP contribution >= 0.6 is 0 Å². The predicted octanol–water partition coefficient (Wildman–Crippen LogP) is 3.90. The fourth-order valence-electron chi connectivity index (χ4n) is 8.21. The number of primary amides is 1. The molecule has 8 atom stereocenters. The van der Waals surface area contributed by atoms with E-state index in [0.29, 0.717) is 30.5 Å². The second kappa shape index (κ2) is 6.73. The molecule has 4 saturated carbocycles. The lowest BCUT2D eigenvalue weighted by atomic mass is 9.44. The molecule has 1 amide bonds. The number of rotatable bonds is 4. The number of fused-ring (bicyclic) bond motifs is 5. The quantitative estimate of drug-likeness (QED) is 0.780. The lowest BCUT2D eigenvalue weighted by Crippen LogP contribution is -2.57. The summed E-state index contributed by atoms with van der Waals surface area (Å²) in [7, 11) is 0. The Morgan fingerprint density at radius 3 is 2.48 bits per heavy atom. The van der Waals surface area contributed by atoms with Crippen LogP contribution in [0.4, 0.5) is 0 Å².